The molecule has 3 heteroatoms. The van der Waals surface area contributed by atoms with Gasteiger partial charge in [-0.05, 0) is 48.6 Å². The molecule has 1 heterocycles. The second kappa shape index (κ2) is 6.16. The van der Waals surface area contributed by atoms with Gasteiger partial charge in [0.05, 0.1) is 0 Å². The molecule has 0 unspecified atom stereocenters. The number of thiophene rings is 1. The summed E-state index contributed by atoms with van der Waals surface area (Å²) in [5, 5.41) is 5.09. The molecule has 0 aliphatic carbocycles. The zero-order chi connectivity index (χ0) is 15.5. The summed E-state index contributed by atoms with van der Waals surface area (Å²) in [6.45, 7) is 4.00. The molecule has 3 aromatic rings. The van der Waals surface area contributed by atoms with E-state index in [1.54, 1.807) is 11.3 Å². The van der Waals surface area contributed by atoms with Crippen LogP contribution in [0.5, 0.6) is 0 Å². The summed E-state index contributed by atoms with van der Waals surface area (Å²) in [5.74, 6) is -0.0646. The number of aryl methyl sites for hydroxylation is 1. The smallest absolute Gasteiger partial charge is 0.255 e. The van der Waals surface area contributed by atoms with Gasteiger partial charge >= 0.3 is 0 Å². The molecule has 2 aromatic carbocycles. The summed E-state index contributed by atoms with van der Waals surface area (Å²) in [6, 6.07) is 17.8. The van der Waals surface area contributed by atoms with E-state index < -0.39 is 0 Å². The Balaban J connectivity index is 1.94. The van der Waals surface area contributed by atoms with Crippen LogP contribution in [-0.2, 0) is 0 Å². The largest absolute Gasteiger partial charge is 0.321 e. The molecular weight excluding hydrogens is 290 g/mol. The maximum absolute atomic E-state index is 12.6. The highest BCUT2D eigenvalue weighted by Crippen LogP contribution is 2.31. The van der Waals surface area contributed by atoms with E-state index in [9.17, 15) is 4.79 Å². The zero-order valence-electron chi connectivity index (χ0n) is 12.6. The molecule has 0 atom stereocenters. The second-order valence-corrected chi connectivity index (χ2v) is 6.17. The SMILES string of the molecule is Cc1cccc(C(=O)Nc2ccccc2-c2cccs2)c1C. The molecule has 0 spiro atoms. The highest BCUT2D eigenvalue weighted by Gasteiger charge is 2.13. The van der Waals surface area contributed by atoms with E-state index in [2.05, 4.69) is 11.4 Å². The lowest BCUT2D eigenvalue weighted by Crippen LogP contribution is -2.14. The average Bonchev–Trinajstić information content (AvgIpc) is 3.04. The van der Waals surface area contributed by atoms with Crippen molar-refractivity contribution in [3.63, 3.8) is 0 Å². The van der Waals surface area contributed by atoms with Crippen molar-refractivity contribution < 1.29 is 4.79 Å². The first-order chi connectivity index (χ1) is 10.7. The van der Waals surface area contributed by atoms with Crippen molar-refractivity contribution in [3.8, 4) is 10.4 Å². The monoisotopic (exact) mass is 307 g/mol. The van der Waals surface area contributed by atoms with Crippen LogP contribution in [0.25, 0.3) is 10.4 Å². The molecule has 22 heavy (non-hydrogen) atoms. The van der Waals surface area contributed by atoms with Crippen molar-refractivity contribution in [2.24, 2.45) is 0 Å². The highest BCUT2D eigenvalue weighted by atomic mass is 32.1. The van der Waals surface area contributed by atoms with Crippen molar-refractivity contribution in [1.29, 1.82) is 0 Å². The number of hydrogen-bond donors (Lipinski definition) is 1. The molecule has 0 bridgehead atoms. The minimum Gasteiger partial charge on any atom is -0.321 e. The van der Waals surface area contributed by atoms with Crippen LogP contribution in [-0.4, -0.2) is 5.91 Å². The number of carbonyl (C=O) groups is 1. The molecule has 0 radical (unpaired) electrons. The summed E-state index contributed by atoms with van der Waals surface area (Å²) in [4.78, 5) is 13.8. The molecule has 0 aliphatic rings. The van der Waals surface area contributed by atoms with Crippen molar-refractivity contribution in [2.45, 2.75) is 13.8 Å². The van der Waals surface area contributed by atoms with Crippen molar-refractivity contribution in [2.75, 3.05) is 5.32 Å². The van der Waals surface area contributed by atoms with Crippen LogP contribution in [0.4, 0.5) is 5.69 Å². The van der Waals surface area contributed by atoms with E-state index in [-0.39, 0.29) is 5.91 Å². The Morgan fingerprint density at radius 2 is 1.77 bits per heavy atom. The van der Waals surface area contributed by atoms with Crippen LogP contribution in [0.1, 0.15) is 21.5 Å². The van der Waals surface area contributed by atoms with E-state index >= 15 is 0 Å². The van der Waals surface area contributed by atoms with Crippen molar-refractivity contribution in [1.82, 2.24) is 0 Å². The van der Waals surface area contributed by atoms with Crippen LogP contribution in [0.15, 0.2) is 60.0 Å². The normalized spacial score (nSPS) is 10.5. The fourth-order valence-corrected chi connectivity index (χ4v) is 3.19. The number of benzene rings is 2. The van der Waals surface area contributed by atoms with Gasteiger partial charge in [0.25, 0.3) is 5.91 Å². The molecular formula is C19H17NOS. The van der Waals surface area contributed by atoms with Crippen molar-refractivity contribution >= 4 is 22.9 Å². The van der Waals surface area contributed by atoms with Gasteiger partial charge in [0.1, 0.15) is 0 Å². The Bertz CT molecular complexity index is 806. The molecule has 2 nitrogen and oxygen atoms in total. The molecule has 0 aliphatic heterocycles. The highest BCUT2D eigenvalue weighted by molar-refractivity contribution is 7.13. The van der Waals surface area contributed by atoms with Gasteiger partial charge in [0.15, 0.2) is 0 Å². The first kappa shape index (κ1) is 14.5. The topological polar surface area (TPSA) is 29.1 Å². The van der Waals surface area contributed by atoms with E-state index in [0.717, 1.165) is 32.8 Å². The molecule has 1 N–H and O–H groups in total. The third kappa shape index (κ3) is 2.81. The van der Waals surface area contributed by atoms with Crippen LogP contribution >= 0.6 is 11.3 Å². The Kier molecular flexibility index (Phi) is 4.07. The van der Waals surface area contributed by atoms with Crippen LogP contribution in [0, 0.1) is 13.8 Å². The average molecular weight is 307 g/mol. The predicted molar refractivity (Wildman–Crippen MR) is 93.6 cm³/mol. The number of hydrogen-bond acceptors (Lipinski definition) is 2. The molecule has 1 amide bonds. The van der Waals surface area contributed by atoms with Gasteiger partial charge in [0.2, 0.25) is 0 Å². The van der Waals surface area contributed by atoms with Gasteiger partial charge < -0.3 is 5.32 Å². The number of carbonyl (C=O) groups excluding carboxylic acids is 1. The number of anilines is 1. The molecule has 0 saturated heterocycles. The van der Waals surface area contributed by atoms with Gasteiger partial charge in [0, 0.05) is 21.7 Å². The Hall–Kier alpha value is -2.39. The van der Waals surface area contributed by atoms with Gasteiger partial charge in [-0.25, -0.2) is 0 Å². The van der Waals surface area contributed by atoms with E-state index in [1.807, 2.05) is 67.8 Å². The van der Waals surface area contributed by atoms with Crippen LogP contribution in [0.2, 0.25) is 0 Å². The number of para-hydroxylation sites is 1. The summed E-state index contributed by atoms with van der Waals surface area (Å²) in [6.07, 6.45) is 0. The van der Waals surface area contributed by atoms with E-state index in [4.69, 9.17) is 0 Å². The summed E-state index contributed by atoms with van der Waals surface area (Å²) < 4.78 is 0. The Morgan fingerprint density at radius 1 is 0.955 bits per heavy atom. The second-order valence-electron chi connectivity index (χ2n) is 5.22. The summed E-state index contributed by atoms with van der Waals surface area (Å²) in [5.41, 5.74) is 4.76. The lowest BCUT2D eigenvalue weighted by Gasteiger charge is -2.12. The maximum Gasteiger partial charge on any atom is 0.255 e. The van der Waals surface area contributed by atoms with Crippen molar-refractivity contribution in [3.05, 3.63) is 76.7 Å². The van der Waals surface area contributed by atoms with Gasteiger partial charge in [-0.2, -0.15) is 0 Å². The lowest BCUT2D eigenvalue weighted by atomic mass is 10.0. The fraction of sp³-hybridized carbons (Fsp3) is 0.105. The fourth-order valence-electron chi connectivity index (χ4n) is 2.43. The third-order valence-electron chi connectivity index (χ3n) is 3.81. The number of nitrogens with one attached hydrogen (secondary N) is 1. The third-order valence-corrected chi connectivity index (χ3v) is 4.71. The van der Waals surface area contributed by atoms with Gasteiger partial charge in [-0.3, -0.25) is 4.79 Å². The minimum atomic E-state index is -0.0646. The number of rotatable bonds is 3. The first-order valence-electron chi connectivity index (χ1n) is 7.17. The van der Waals surface area contributed by atoms with Gasteiger partial charge in [-0.15, -0.1) is 11.3 Å². The molecule has 0 fully saturated rings. The molecule has 110 valence electrons. The van der Waals surface area contributed by atoms with Gasteiger partial charge in [-0.1, -0.05) is 36.4 Å². The van der Waals surface area contributed by atoms with E-state index in [1.165, 1.54) is 0 Å². The Morgan fingerprint density at radius 3 is 2.55 bits per heavy atom. The number of amides is 1. The maximum atomic E-state index is 12.6. The molecule has 1 aromatic heterocycles. The molecule has 3 rings (SSSR count). The quantitative estimate of drug-likeness (QED) is 0.700. The van der Waals surface area contributed by atoms with E-state index in [0.29, 0.717) is 0 Å². The summed E-state index contributed by atoms with van der Waals surface area (Å²) >= 11 is 1.67. The molecule has 0 saturated carbocycles. The minimum absolute atomic E-state index is 0.0646. The van der Waals surface area contributed by atoms with Crippen LogP contribution < -0.4 is 5.32 Å². The Labute approximate surface area is 134 Å². The predicted octanol–water partition coefficient (Wildman–Crippen LogP) is 5.28. The first-order valence-corrected chi connectivity index (χ1v) is 8.05. The lowest BCUT2D eigenvalue weighted by molar-refractivity contribution is 0.102. The van der Waals surface area contributed by atoms with Crippen LogP contribution in [0.3, 0.4) is 0 Å². The standard InChI is InChI=1S/C19H17NOS/c1-13-7-5-9-15(14(13)2)19(21)20-17-10-4-3-8-16(17)18-11-6-12-22-18/h3-12H,1-2H3,(H,20,21). The summed E-state index contributed by atoms with van der Waals surface area (Å²) in [7, 11) is 0. The zero-order valence-corrected chi connectivity index (χ0v) is 13.4.